The van der Waals surface area contributed by atoms with Gasteiger partial charge in [0.2, 0.25) is 0 Å². The quantitative estimate of drug-likeness (QED) is 0.822. The summed E-state index contributed by atoms with van der Waals surface area (Å²) < 4.78 is 10.5. The van der Waals surface area contributed by atoms with E-state index in [1.165, 1.54) is 0 Å². The molecule has 0 bridgehead atoms. The summed E-state index contributed by atoms with van der Waals surface area (Å²) >= 11 is 4.27. The lowest BCUT2D eigenvalue weighted by atomic mass is 10.2. The maximum absolute atomic E-state index is 11.6. The van der Waals surface area contributed by atoms with E-state index in [2.05, 4.69) is 17.9 Å². The number of carbonyl (C=O) groups excluding carboxylic acids is 1. The van der Waals surface area contributed by atoms with Crippen LogP contribution in [0.15, 0.2) is 23.1 Å². The number of amides is 1. The molecular formula is C13H19NO3S. The van der Waals surface area contributed by atoms with Crippen LogP contribution in [-0.2, 0) is 4.74 Å². The second kappa shape index (κ2) is 6.00. The van der Waals surface area contributed by atoms with Gasteiger partial charge in [-0.1, -0.05) is 0 Å². The molecule has 1 N–H and O–H groups in total. The first-order chi connectivity index (χ1) is 8.31. The zero-order valence-electron chi connectivity index (χ0n) is 11.1. The molecule has 0 fully saturated rings. The number of hydrogen-bond acceptors (Lipinski definition) is 4. The molecule has 0 unspecified atom stereocenters. The lowest BCUT2D eigenvalue weighted by Crippen LogP contribution is -2.27. The minimum Gasteiger partial charge on any atom is -0.494 e. The normalized spacial score (nSPS) is 10.9. The number of carbonyl (C=O) groups is 1. The average molecular weight is 269 g/mol. The van der Waals surface area contributed by atoms with Crippen LogP contribution < -0.4 is 10.1 Å². The minimum absolute atomic E-state index is 0.508. The molecule has 4 nitrogen and oxygen atoms in total. The Morgan fingerprint density at radius 2 is 2.06 bits per heavy atom. The Morgan fingerprint density at radius 3 is 2.61 bits per heavy atom. The summed E-state index contributed by atoms with van der Waals surface area (Å²) in [6.45, 7) is 7.90. The Bertz CT molecular complexity index is 427. The first-order valence-electron chi connectivity index (χ1n) is 5.77. The molecule has 0 aliphatic rings. The summed E-state index contributed by atoms with van der Waals surface area (Å²) in [5.74, 6) is 0.682. The minimum atomic E-state index is -0.529. The van der Waals surface area contributed by atoms with Crippen molar-refractivity contribution in [1.29, 1.82) is 0 Å². The molecule has 1 aromatic rings. The first-order valence-corrected chi connectivity index (χ1v) is 6.22. The molecule has 0 aliphatic heterocycles. The summed E-state index contributed by atoms with van der Waals surface area (Å²) in [6.07, 6.45) is -0.508. The van der Waals surface area contributed by atoms with Gasteiger partial charge >= 0.3 is 6.09 Å². The summed E-state index contributed by atoms with van der Waals surface area (Å²) in [7, 11) is 0. The Labute approximate surface area is 113 Å². The van der Waals surface area contributed by atoms with Crippen molar-refractivity contribution in [3.63, 3.8) is 0 Å². The van der Waals surface area contributed by atoms with E-state index >= 15 is 0 Å². The van der Waals surface area contributed by atoms with Crippen LogP contribution >= 0.6 is 12.6 Å². The fourth-order valence-electron chi connectivity index (χ4n) is 1.29. The fourth-order valence-corrected chi connectivity index (χ4v) is 1.48. The number of benzene rings is 1. The van der Waals surface area contributed by atoms with Gasteiger partial charge in [0.25, 0.3) is 0 Å². The molecule has 0 atom stereocenters. The molecule has 0 spiro atoms. The maximum atomic E-state index is 11.6. The molecule has 1 rings (SSSR count). The Morgan fingerprint density at radius 1 is 1.39 bits per heavy atom. The van der Waals surface area contributed by atoms with E-state index in [9.17, 15) is 4.79 Å². The van der Waals surface area contributed by atoms with E-state index in [0.29, 0.717) is 22.9 Å². The standard InChI is InChI=1S/C13H19NO3S/c1-5-16-9-6-7-11(18)10(8-9)14-12(15)17-13(2,3)4/h6-8,18H,5H2,1-4H3,(H,14,15). The van der Waals surface area contributed by atoms with Crippen LogP contribution in [0.2, 0.25) is 0 Å². The second-order valence-electron chi connectivity index (χ2n) is 4.74. The summed E-state index contributed by atoms with van der Waals surface area (Å²) in [5.41, 5.74) is 0.0387. The number of thiol groups is 1. The summed E-state index contributed by atoms with van der Waals surface area (Å²) in [5, 5.41) is 2.65. The van der Waals surface area contributed by atoms with Crippen LogP contribution in [0.4, 0.5) is 10.5 Å². The van der Waals surface area contributed by atoms with Crippen molar-refractivity contribution in [2.75, 3.05) is 11.9 Å². The van der Waals surface area contributed by atoms with Crippen molar-refractivity contribution in [1.82, 2.24) is 0 Å². The lowest BCUT2D eigenvalue weighted by molar-refractivity contribution is 0.0635. The highest BCUT2D eigenvalue weighted by atomic mass is 32.1. The maximum Gasteiger partial charge on any atom is 0.412 e. The van der Waals surface area contributed by atoms with Crippen molar-refractivity contribution in [2.45, 2.75) is 38.2 Å². The number of hydrogen-bond donors (Lipinski definition) is 2. The van der Waals surface area contributed by atoms with E-state index in [0.717, 1.165) is 0 Å². The van der Waals surface area contributed by atoms with Crippen molar-refractivity contribution >= 4 is 24.4 Å². The monoisotopic (exact) mass is 269 g/mol. The lowest BCUT2D eigenvalue weighted by Gasteiger charge is -2.20. The Balaban J connectivity index is 2.77. The smallest absolute Gasteiger partial charge is 0.412 e. The van der Waals surface area contributed by atoms with E-state index in [4.69, 9.17) is 9.47 Å². The molecule has 18 heavy (non-hydrogen) atoms. The SMILES string of the molecule is CCOc1ccc(S)c(NC(=O)OC(C)(C)C)c1. The predicted octanol–water partition coefficient (Wildman–Crippen LogP) is 3.72. The van der Waals surface area contributed by atoms with Crippen LogP contribution in [0.3, 0.4) is 0 Å². The molecular weight excluding hydrogens is 250 g/mol. The van der Waals surface area contributed by atoms with Gasteiger partial charge in [0, 0.05) is 11.0 Å². The van der Waals surface area contributed by atoms with Gasteiger partial charge in [-0.2, -0.15) is 0 Å². The van der Waals surface area contributed by atoms with E-state index in [1.54, 1.807) is 18.2 Å². The molecule has 0 saturated carbocycles. The highest BCUT2D eigenvalue weighted by molar-refractivity contribution is 7.80. The molecule has 1 aromatic carbocycles. The zero-order valence-corrected chi connectivity index (χ0v) is 12.0. The molecule has 100 valence electrons. The molecule has 0 aromatic heterocycles. The Kier molecular flexibility index (Phi) is 4.90. The number of ether oxygens (including phenoxy) is 2. The average Bonchev–Trinajstić information content (AvgIpc) is 2.20. The molecule has 1 amide bonds. The van der Waals surface area contributed by atoms with Crippen LogP contribution in [0, 0.1) is 0 Å². The predicted molar refractivity (Wildman–Crippen MR) is 74.7 cm³/mol. The third-order valence-corrected chi connectivity index (χ3v) is 2.30. The summed E-state index contributed by atoms with van der Waals surface area (Å²) in [6, 6.07) is 5.28. The van der Waals surface area contributed by atoms with Gasteiger partial charge in [-0.25, -0.2) is 4.79 Å². The van der Waals surface area contributed by atoms with E-state index < -0.39 is 11.7 Å². The van der Waals surface area contributed by atoms with E-state index in [-0.39, 0.29) is 0 Å². The molecule has 0 heterocycles. The topological polar surface area (TPSA) is 47.6 Å². The highest BCUT2D eigenvalue weighted by Crippen LogP contribution is 2.26. The van der Waals surface area contributed by atoms with Crippen LogP contribution in [0.1, 0.15) is 27.7 Å². The number of rotatable bonds is 3. The number of anilines is 1. The molecule has 5 heteroatoms. The molecule has 0 saturated heterocycles. The van der Waals surface area contributed by atoms with Gasteiger partial charge in [0.15, 0.2) is 0 Å². The van der Waals surface area contributed by atoms with Crippen molar-refractivity contribution in [3.05, 3.63) is 18.2 Å². The second-order valence-corrected chi connectivity index (χ2v) is 5.22. The van der Waals surface area contributed by atoms with Crippen LogP contribution in [-0.4, -0.2) is 18.3 Å². The van der Waals surface area contributed by atoms with Gasteiger partial charge in [0.1, 0.15) is 11.4 Å². The van der Waals surface area contributed by atoms with E-state index in [1.807, 2.05) is 27.7 Å². The fraction of sp³-hybridized carbons (Fsp3) is 0.462. The number of nitrogens with one attached hydrogen (secondary N) is 1. The zero-order chi connectivity index (χ0) is 13.8. The third-order valence-electron chi connectivity index (χ3n) is 1.91. The molecule has 0 radical (unpaired) electrons. The van der Waals surface area contributed by atoms with Gasteiger partial charge in [-0.15, -0.1) is 12.6 Å². The van der Waals surface area contributed by atoms with Gasteiger partial charge < -0.3 is 9.47 Å². The molecule has 0 aliphatic carbocycles. The van der Waals surface area contributed by atoms with Crippen molar-refractivity contribution < 1.29 is 14.3 Å². The Hall–Kier alpha value is -1.36. The third kappa shape index (κ3) is 4.87. The van der Waals surface area contributed by atoms with Crippen molar-refractivity contribution in [2.24, 2.45) is 0 Å². The van der Waals surface area contributed by atoms with Gasteiger partial charge in [-0.3, -0.25) is 5.32 Å². The first kappa shape index (κ1) is 14.7. The largest absolute Gasteiger partial charge is 0.494 e. The van der Waals surface area contributed by atoms with Crippen molar-refractivity contribution in [3.8, 4) is 5.75 Å². The van der Waals surface area contributed by atoms with Gasteiger partial charge in [-0.05, 0) is 39.8 Å². The highest BCUT2D eigenvalue weighted by Gasteiger charge is 2.17. The van der Waals surface area contributed by atoms with Crippen LogP contribution in [0.25, 0.3) is 0 Å². The van der Waals surface area contributed by atoms with Gasteiger partial charge in [0.05, 0.1) is 12.3 Å². The van der Waals surface area contributed by atoms with Crippen LogP contribution in [0.5, 0.6) is 5.75 Å². The summed E-state index contributed by atoms with van der Waals surface area (Å²) in [4.78, 5) is 12.3.